The average molecular weight is 314 g/mol. The summed E-state index contributed by atoms with van der Waals surface area (Å²) in [5.41, 5.74) is 2.86. The van der Waals surface area contributed by atoms with Crippen molar-refractivity contribution >= 4 is 39.7 Å². The van der Waals surface area contributed by atoms with E-state index in [4.69, 9.17) is 0 Å². The van der Waals surface area contributed by atoms with E-state index in [1.165, 1.54) is 18.3 Å². The first-order valence-corrected chi connectivity index (χ1v) is 7.69. The molecule has 4 nitrogen and oxygen atoms in total. The van der Waals surface area contributed by atoms with Crippen LogP contribution in [0.2, 0.25) is 0 Å². The molecule has 2 aromatic carbocycles. The van der Waals surface area contributed by atoms with Gasteiger partial charge in [0.2, 0.25) is 0 Å². The van der Waals surface area contributed by atoms with Gasteiger partial charge in [0.05, 0.1) is 0 Å². The summed E-state index contributed by atoms with van der Waals surface area (Å²) in [6, 6.07) is 9.51. The number of carbonyl (C=O) groups excluding carboxylic acids is 1. The van der Waals surface area contributed by atoms with Crippen molar-refractivity contribution in [2.24, 2.45) is 4.99 Å². The average Bonchev–Trinajstić information content (AvgIpc) is 2.58. The monoisotopic (exact) mass is 314 g/mol. The fourth-order valence-corrected chi connectivity index (χ4v) is 2.92. The van der Waals surface area contributed by atoms with Crippen LogP contribution in [0.3, 0.4) is 0 Å². The number of carbonyl (C=O) groups is 1. The summed E-state index contributed by atoms with van der Waals surface area (Å²) in [7, 11) is 0. The highest BCUT2D eigenvalue weighted by Crippen LogP contribution is 2.25. The number of benzene rings is 2. The normalized spacial score (nSPS) is 15.6. The molecule has 0 radical (unpaired) electrons. The standard InChI is InChI=1S/C20H14N2O2/c23-17-2-1-13-9-16-12-19-18(20(24)5-8-22-19)11-15(16)10-14(13)3-6-21-7-4-17/h1-2,4-12H,3H2,(H,22,24)/b2-1?,7-4-,21-6?. The Balaban J connectivity index is 1.98. The molecule has 0 fully saturated rings. The Morgan fingerprint density at radius 1 is 0.958 bits per heavy atom. The topological polar surface area (TPSA) is 62.3 Å². The second-order valence-corrected chi connectivity index (χ2v) is 5.73. The van der Waals surface area contributed by atoms with E-state index in [1.54, 1.807) is 18.5 Å². The number of fused-ring (bicyclic) bond motifs is 3. The minimum Gasteiger partial charge on any atom is -0.361 e. The number of nitrogens with one attached hydrogen (secondary N) is 1. The largest absolute Gasteiger partial charge is 0.361 e. The molecule has 4 rings (SSSR count). The molecule has 0 atom stereocenters. The van der Waals surface area contributed by atoms with Gasteiger partial charge in [-0.25, -0.2) is 0 Å². The van der Waals surface area contributed by atoms with Gasteiger partial charge in [-0.1, -0.05) is 12.1 Å². The zero-order valence-electron chi connectivity index (χ0n) is 12.8. The first kappa shape index (κ1) is 14.3. The fourth-order valence-electron chi connectivity index (χ4n) is 2.92. The Bertz CT molecular complexity index is 1120. The molecule has 3 aromatic rings. The third-order valence-electron chi connectivity index (χ3n) is 4.14. The number of H-pyrrole nitrogens is 1. The Morgan fingerprint density at radius 2 is 1.83 bits per heavy atom. The van der Waals surface area contributed by atoms with Gasteiger partial charge >= 0.3 is 0 Å². The molecular weight excluding hydrogens is 300 g/mol. The predicted octanol–water partition coefficient (Wildman–Crippen LogP) is 3.40. The van der Waals surface area contributed by atoms with Gasteiger partial charge in [0, 0.05) is 48.1 Å². The van der Waals surface area contributed by atoms with E-state index in [9.17, 15) is 9.59 Å². The van der Waals surface area contributed by atoms with E-state index in [0.717, 1.165) is 27.4 Å². The molecule has 0 saturated heterocycles. The number of ketones is 1. The lowest BCUT2D eigenvalue weighted by atomic mass is 9.97. The molecule has 24 heavy (non-hydrogen) atoms. The van der Waals surface area contributed by atoms with Gasteiger partial charge in [-0.2, -0.15) is 0 Å². The number of pyridine rings is 1. The zero-order chi connectivity index (χ0) is 16.5. The molecule has 1 aliphatic rings. The van der Waals surface area contributed by atoms with E-state index >= 15 is 0 Å². The van der Waals surface area contributed by atoms with E-state index in [1.807, 2.05) is 24.3 Å². The van der Waals surface area contributed by atoms with Crippen LogP contribution in [0.5, 0.6) is 0 Å². The van der Waals surface area contributed by atoms with Gasteiger partial charge in [0.1, 0.15) is 0 Å². The summed E-state index contributed by atoms with van der Waals surface area (Å²) >= 11 is 0. The van der Waals surface area contributed by atoms with E-state index < -0.39 is 0 Å². The van der Waals surface area contributed by atoms with Crippen molar-refractivity contribution < 1.29 is 4.79 Å². The van der Waals surface area contributed by atoms with Gasteiger partial charge in [0.15, 0.2) is 11.2 Å². The van der Waals surface area contributed by atoms with Crippen LogP contribution in [0, 0.1) is 0 Å². The van der Waals surface area contributed by atoms with Crippen molar-refractivity contribution in [3.8, 4) is 0 Å². The molecule has 0 aliphatic carbocycles. The minimum absolute atomic E-state index is 0.00266. The number of nitrogens with zero attached hydrogens (tertiary/aromatic N) is 1. The molecular formula is C20H14N2O2. The molecule has 0 spiro atoms. The van der Waals surface area contributed by atoms with Gasteiger partial charge in [0.25, 0.3) is 0 Å². The van der Waals surface area contributed by atoms with E-state index in [2.05, 4.69) is 16.0 Å². The summed E-state index contributed by atoms with van der Waals surface area (Å²) in [5, 5.41) is 2.69. The van der Waals surface area contributed by atoms with Crippen LogP contribution in [-0.2, 0) is 11.2 Å². The fraction of sp³-hybridized carbons (Fsp3) is 0.0500. The SMILES string of the molecule is O=C1C=Cc2cc3cc4[nH]ccc(=O)c4cc3cc2CC=N/C=C\1. The van der Waals surface area contributed by atoms with Crippen LogP contribution in [-0.4, -0.2) is 17.0 Å². The number of allylic oxidation sites excluding steroid dienone is 2. The predicted molar refractivity (Wildman–Crippen MR) is 97.5 cm³/mol. The summed E-state index contributed by atoms with van der Waals surface area (Å²) in [4.78, 5) is 31.0. The molecule has 1 N–H and O–H groups in total. The summed E-state index contributed by atoms with van der Waals surface area (Å²) in [6.45, 7) is 0. The smallest absolute Gasteiger partial charge is 0.189 e. The number of hydrogen-bond donors (Lipinski definition) is 1. The number of hydrogen-bond acceptors (Lipinski definition) is 3. The Labute approximate surface area is 137 Å². The van der Waals surface area contributed by atoms with Gasteiger partial charge in [-0.05, 0) is 46.2 Å². The molecule has 1 aliphatic heterocycles. The highest BCUT2D eigenvalue weighted by molar-refractivity contribution is 6.03. The first-order valence-electron chi connectivity index (χ1n) is 7.69. The van der Waals surface area contributed by atoms with Crippen LogP contribution in [0.4, 0.5) is 0 Å². The number of rotatable bonds is 0. The highest BCUT2D eigenvalue weighted by Gasteiger charge is 2.07. The molecule has 2 heterocycles. The Morgan fingerprint density at radius 3 is 2.75 bits per heavy atom. The van der Waals surface area contributed by atoms with Crippen molar-refractivity contribution in [1.29, 1.82) is 0 Å². The minimum atomic E-state index is -0.0945. The van der Waals surface area contributed by atoms with Gasteiger partial charge < -0.3 is 4.98 Å². The third-order valence-corrected chi connectivity index (χ3v) is 4.14. The lowest BCUT2D eigenvalue weighted by molar-refractivity contribution is -0.110. The van der Waals surface area contributed by atoms with Crippen molar-refractivity contribution in [3.63, 3.8) is 0 Å². The van der Waals surface area contributed by atoms with Crippen LogP contribution in [0.25, 0.3) is 27.8 Å². The van der Waals surface area contributed by atoms with Crippen LogP contribution >= 0.6 is 0 Å². The lowest BCUT2D eigenvalue weighted by Gasteiger charge is -2.09. The number of aromatic amines is 1. The van der Waals surface area contributed by atoms with Crippen molar-refractivity contribution in [2.45, 2.75) is 6.42 Å². The molecule has 0 bridgehead atoms. The molecule has 4 heteroatoms. The van der Waals surface area contributed by atoms with Gasteiger partial charge in [-0.15, -0.1) is 0 Å². The lowest BCUT2D eigenvalue weighted by Crippen LogP contribution is -2.00. The van der Waals surface area contributed by atoms with Crippen LogP contribution in [0.1, 0.15) is 11.1 Å². The summed E-state index contributed by atoms with van der Waals surface area (Å²) in [6.07, 6.45) is 10.4. The third kappa shape index (κ3) is 2.58. The number of aliphatic imine (C=N–C) groups is 1. The van der Waals surface area contributed by atoms with Gasteiger partial charge in [-0.3, -0.25) is 14.6 Å². The second-order valence-electron chi connectivity index (χ2n) is 5.73. The van der Waals surface area contributed by atoms with E-state index in [0.29, 0.717) is 11.8 Å². The van der Waals surface area contributed by atoms with Crippen molar-refractivity contribution in [2.75, 3.05) is 0 Å². The molecule has 0 unspecified atom stereocenters. The molecule has 0 saturated carbocycles. The maximum absolute atomic E-state index is 12.0. The summed E-state index contributed by atoms with van der Waals surface area (Å²) in [5.74, 6) is -0.0945. The summed E-state index contributed by atoms with van der Waals surface area (Å²) < 4.78 is 0. The number of aromatic nitrogens is 1. The first-order chi connectivity index (χ1) is 11.7. The second kappa shape index (κ2) is 5.74. The van der Waals surface area contributed by atoms with Crippen LogP contribution in [0.15, 0.2) is 64.7 Å². The quantitative estimate of drug-likeness (QED) is 0.646. The zero-order valence-corrected chi connectivity index (χ0v) is 12.8. The Hall–Kier alpha value is -3.27. The maximum atomic E-state index is 12.0. The van der Waals surface area contributed by atoms with E-state index in [-0.39, 0.29) is 11.2 Å². The molecule has 116 valence electrons. The molecule has 0 amide bonds. The van der Waals surface area contributed by atoms with Crippen molar-refractivity contribution in [1.82, 2.24) is 4.98 Å². The van der Waals surface area contributed by atoms with Crippen molar-refractivity contribution in [3.05, 3.63) is 76.2 Å². The maximum Gasteiger partial charge on any atom is 0.189 e. The molecule has 1 aromatic heterocycles. The Kier molecular flexibility index (Phi) is 3.43. The highest BCUT2D eigenvalue weighted by atomic mass is 16.1. The van der Waals surface area contributed by atoms with Crippen LogP contribution < -0.4 is 5.43 Å².